The van der Waals surface area contributed by atoms with Crippen molar-refractivity contribution in [2.75, 3.05) is 6.61 Å². The van der Waals surface area contributed by atoms with Crippen LogP contribution < -0.4 is 15.5 Å². The van der Waals surface area contributed by atoms with E-state index < -0.39 is 36.5 Å². The van der Waals surface area contributed by atoms with E-state index in [-0.39, 0.29) is 18.1 Å². The Balaban J connectivity index is 1.24. The van der Waals surface area contributed by atoms with Crippen molar-refractivity contribution in [2.45, 2.75) is 37.5 Å². The van der Waals surface area contributed by atoms with Crippen molar-refractivity contribution in [1.82, 2.24) is 15.9 Å². The molecule has 0 spiro atoms. The molecule has 11 heteroatoms. The predicted octanol–water partition coefficient (Wildman–Crippen LogP) is 6.34. The molecule has 1 amide bonds. The predicted molar refractivity (Wildman–Crippen MR) is 197 cm³/mol. The van der Waals surface area contributed by atoms with Crippen LogP contribution in [-0.4, -0.2) is 51.4 Å². The maximum absolute atomic E-state index is 12.8. The number of ether oxygens (including phenoxy) is 3. The van der Waals surface area contributed by atoms with Crippen molar-refractivity contribution in [3.8, 4) is 5.75 Å². The Hall–Kier alpha value is -5.95. The van der Waals surface area contributed by atoms with E-state index in [4.69, 9.17) is 24.3 Å². The number of carbonyl (C=O) groups excluding carboxylic acids is 1. The molecule has 0 aliphatic carbocycles. The summed E-state index contributed by atoms with van der Waals surface area (Å²) >= 11 is 0. The van der Waals surface area contributed by atoms with Crippen molar-refractivity contribution >= 4 is 5.91 Å². The molecule has 0 radical (unpaired) electrons. The maximum atomic E-state index is 12.8. The van der Waals surface area contributed by atoms with Crippen LogP contribution in [0.3, 0.4) is 0 Å². The highest BCUT2D eigenvalue weighted by Gasteiger charge is 2.28. The van der Waals surface area contributed by atoms with E-state index in [9.17, 15) is 15.0 Å². The fourth-order valence-corrected chi connectivity index (χ4v) is 5.66. The van der Waals surface area contributed by atoms with Crippen LogP contribution in [0.15, 0.2) is 170 Å². The van der Waals surface area contributed by atoms with Crippen LogP contribution in [-0.2, 0) is 14.3 Å². The van der Waals surface area contributed by atoms with Crippen molar-refractivity contribution < 1.29 is 39.3 Å². The number of hydroxylamine groups is 3. The maximum Gasteiger partial charge on any atom is 0.304 e. The Morgan fingerprint density at radius 3 is 1.68 bits per heavy atom. The molecule has 0 saturated heterocycles. The second kappa shape index (κ2) is 18.0. The number of aliphatic hydroxyl groups is 2. The van der Waals surface area contributed by atoms with Gasteiger partial charge in [-0.05, 0) is 53.4 Å². The summed E-state index contributed by atoms with van der Waals surface area (Å²) in [5.41, 5.74) is 6.17. The molecule has 0 saturated carbocycles. The van der Waals surface area contributed by atoms with Crippen LogP contribution in [0.25, 0.3) is 0 Å². The monoisotopic (exact) mass is 715 g/mol. The lowest BCUT2D eigenvalue weighted by Crippen LogP contribution is -2.54. The van der Waals surface area contributed by atoms with Gasteiger partial charge in [0.15, 0.2) is 6.10 Å². The zero-order valence-electron chi connectivity index (χ0n) is 28.9. The molecule has 1 unspecified atom stereocenters. The molecule has 0 bridgehead atoms. The number of rotatable bonds is 16. The highest BCUT2D eigenvalue weighted by molar-refractivity contribution is 5.94. The molecular formula is C42H41N3O8. The fourth-order valence-electron chi connectivity index (χ4n) is 5.66. The third-order valence-electron chi connectivity index (χ3n) is 8.47. The highest BCUT2D eigenvalue weighted by atomic mass is 16.7. The number of nitrogens with one attached hydrogen (secondary N) is 2. The van der Waals surface area contributed by atoms with Crippen LogP contribution >= 0.6 is 0 Å². The Bertz CT molecular complexity index is 1860. The minimum atomic E-state index is -1.57. The molecule has 6 rings (SSSR count). The summed E-state index contributed by atoms with van der Waals surface area (Å²) in [6.07, 6.45) is -0.503. The molecule has 1 aliphatic rings. The average Bonchev–Trinajstić information content (AvgIpc) is 3.21. The van der Waals surface area contributed by atoms with Gasteiger partial charge in [-0.3, -0.25) is 9.63 Å². The van der Waals surface area contributed by atoms with E-state index in [1.807, 2.05) is 121 Å². The van der Waals surface area contributed by atoms with E-state index in [0.29, 0.717) is 11.4 Å². The number of carbonyl (C=O) groups is 1. The van der Waals surface area contributed by atoms with Gasteiger partial charge in [0, 0.05) is 5.56 Å². The molecule has 11 nitrogen and oxygen atoms in total. The zero-order valence-corrected chi connectivity index (χ0v) is 28.9. The molecule has 53 heavy (non-hydrogen) atoms. The van der Waals surface area contributed by atoms with Gasteiger partial charge in [-0.15, -0.1) is 0 Å². The van der Waals surface area contributed by atoms with E-state index in [0.717, 1.165) is 22.3 Å². The Kier molecular flexibility index (Phi) is 12.5. The van der Waals surface area contributed by atoms with E-state index >= 15 is 0 Å². The third kappa shape index (κ3) is 9.69. The summed E-state index contributed by atoms with van der Waals surface area (Å²) in [5.74, 6) is 0.0988. The second-order valence-electron chi connectivity index (χ2n) is 12.3. The topological polar surface area (TPSA) is 142 Å². The van der Waals surface area contributed by atoms with Crippen LogP contribution in [0.5, 0.6) is 5.75 Å². The third-order valence-corrected chi connectivity index (χ3v) is 8.47. The van der Waals surface area contributed by atoms with Gasteiger partial charge in [0.05, 0.1) is 12.1 Å². The Labute approximate surface area is 307 Å². The van der Waals surface area contributed by atoms with Gasteiger partial charge in [-0.2, -0.15) is 5.48 Å². The van der Waals surface area contributed by atoms with Crippen molar-refractivity contribution in [3.05, 3.63) is 198 Å². The van der Waals surface area contributed by atoms with Gasteiger partial charge in [0.1, 0.15) is 42.8 Å². The minimum absolute atomic E-state index is 0.0187. The van der Waals surface area contributed by atoms with Crippen molar-refractivity contribution in [2.24, 2.45) is 0 Å². The lowest BCUT2D eigenvalue weighted by atomic mass is 10.0. The average molecular weight is 716 g/mol. The first-order valence-corrected chi connectivity index (χ1v) is 17.1. The van der Waals surface area contributed by atoms with Gasteiger partial charge < -0.3 is 34.9 Å². The zero-order chi connectivity index (χ0) is 37.0. The number of nitrogens with zero attached hydrogens (tertiary/aromatic N) is 1. The molecule has 0 aromatic heterocycles. The first-order chi connectivity index (χ1) is 25.9. The number of hydrogen-bond donors (Lipinski definition) is 5. The number of amides is 1. The summed E-state index contributed by atoms with van der Waals surface area (Å²) in [5, 5.41) is 33.0. The minimum Gasteiger partial charge on any atom is -0.487 e. The number of benzene rings is 5. The van der Waals surface area contributed by atoms with Crippen LogP contribution in [0.2, 0.25) is 0 Å². The molecular weight excluding hydrogens is 674 g/mol. The summed E-state index contributed by atoms with van der Waals surface area (Å²) < 4.78 is 18.8. The largest absolute Gasteiger partial charge is 0.487 e. The first kappa shape index (κ1) is 36.8. The normalized spacial score (nSPS) is 14.4. The highest BCUT2D eigenvalue weighted by Crippen LogP contribution is 2.34. The second-order valence-corrected chi connectivity index (χ2v) is 12.3. The smallest absolute Gasteiger partial charge is 0.304 e. The van der Waals surface area contributed by atoms with E-state index in [1.165, 1.54) is 13.2 Å². The Morgan fingerprint density at radius 2 is 1.21 bits per heavy atom. The fraction of sp³-hybridized carbons (Fsp3) is 0.167. The van der Waals surface area contributed by atoms with Gasteiger partial charge in [-0.1, -0.05) is 121 Å². The summed E-state index contributed by atoms with van der Waals surface area (Å²) in [6, 6.07) is 44.7. The van der Waals surface area contributed by atoms with Gasteiger partial charge in [0.25, 0.3) is 5.91 Å². The summed E-state index contributed by atoms with van der Waals surface area (Å²) in [6.45, 7) is 1.40. The van der Waals surface area contributed by atoms with Crippen molar-refractivity contribution in [1.29, 1.82) is 0 Å². The molecule has 3 atom stereocenters. The lowest BCUT2D eigenvalue weighted by molar-refractivity contribution is -0.146. The standard InChI is InChI=1S/C42H41N3O8/c1-29(46)38(42(48)44-49)43-41(47)34-22-24-36(25-23-34)50-27-35-28-51-37(52-39(30-14-6-2-7-15-30)31-16-8-3-9-17-31)26-45(35)53-40(32-18-10-4-11-19-32)33-20-12-5-13-21-33/h2-26,28-29,38-40,42,44,46,48-49H,27H2,1H3,(H,43,47)/t29-,38+,42?/m1/s1. The lowest BCUT2D eigenvalue weighted by Gasteiger charge is -2.32. The molecule has 1 aliphatic heterocycles. The first-order valence-electron chi connectivity index (χ1n) is 17.1. The SMILES string of the molecule is C[C@@H](O)[C@H](NC(=O)c1ccc(OCC2=COC(OC(c3ccccc3)c3ccccc3)=CN2OC(c2ccccc2)c2ccccc2)cc1)C(O)NO. The Morgan fingerprint density at radius 1 is 0.717 bits per heavy atom. The van der Waals surface area contributed by atoms with E-state index in [2.05, 4.69) is 5.32 Å². The van der Waals surface area contributed by atoms with Crippen molar-refractivity contribution in [3.63, 3.8) is 0 Å². The molecule has 5 aromatic rings. The van der Waals surface area contributed by atoms with Crippen LogP contribution in [0.1, 0.15) is 51.7 Å². The van der Waals surface area contributed by atoms with Gasteiger partial charge in [-0.25, -0.2) is 5.06 Å². The number of hydrogen-bond acceptors (Lipinski definition) is 10. The summed E-state index contributed by atoms with van der Waals surface area (Å²) in [7, 11) is 0. The molecule has 5 N–H and O–H groups in total. The molecule has 0 fully saturated rings. The molecule has 5 aromatic carbocycles. The van der Waals surface area contributed by atoms with Gasteiger partial charge >= 0.3 is 5.95 Å². The van der Waals surface area contributed by atoms with Crippen LogP contribution in [0, 0.1) is 0 Å². The van der Waals surface area contributed by atoms with Crippen LogP contribution in [0.4, 0.5) is 0 Å². The molecule has 1 heterocycles. The van der Waals surface area contributed by atoms with Gasteiger partial charge in [0.2, 0.25) is 0 Å². The summed E-state index contributed by atoms with van der Waals surface area (Å²) in [4.78, 5) is 19.6. The molecule has 272 valence electrons. The number of aliphatic hydroxyl groups excluding tert-OH is 2. The van der Waals surface area contributed by atoms with E-state index in [1.54, 1.807) is 41.0 Å². The quantitative estimate of drug-likeness (QED) is 0.0581.